The molecule has 10 nitrogen and oxygen atoms in total. The molecule has 0 aromatic heterocycles. The molecule has 38 heavy (non-hydrogen) atoms. The summed E-state index contributed by atoms with van der Waals surface area (Å²) in [4.78, 5) is 38.3. The van der Waals surface area contributed by atoms with E-state index in [0.717, 1.165) is 0 Å². The van der Waals surface area contributed by atoms with Crippen molar-refractivity contribution in [2.75, 3.05) is 25.2 Å². The van der Waals surface area contributed by atoms with E-state index in [1.807, 2.05) is 0 Å². The molecule has 0 aliphatic carbocycles. The number of amides is 2. The van der Waals surface area contributed by atoms with Crippen LogP contribution in [-0.4, -0.2) is 54.7 Å². The molecule has 0 bridgehead atoms. The van der Waals surface area contributed by atoms with Crippen molar-refractivity contribution >= 4 is 29.5 Å². The van der Waals surface area contributed by atoms with Gasteiger partial charge in [-0.2, -0.15) is 0 Å². The average Bonchev–Trinajstić information content (AvgIpc) is 2.77. The van der Waals surface area contributed by atoms with E-state index in [1.54, 1.807) is 72.7 Å². The first-order chi connectivity index (χ1) is 17.6. The van der Waals surface area contributed by atoms with Gasteiger partial charge in [0, 0.05) is 12.1 Å². The summed E-state index contributed by atoms with van der Waals surface area (Å²) in [5.41, 5.74) is -0.307. The SMILES string of the molecule is COc1c(N(C(=O)OC(C)(C)C)c2ccccc2OCCCNC(=O)OC(C)(C)C)ccc(C(=O)O)c1C. The number of methoxy groups -OCH3 is 1. The van der Waals surface area contributed by atoms with Gasteiger partial charge < -0.3 is 29.4 Å². The van der Waals surface area contributed by atoms with Crippen molar-refractivity contribution in [1.29, 1.82) is 0 Å². The minimum atomic E-state index is -1.11. The van der Waals surface area contributed by atoms with Gasteiger partial charge in [0.15, 0.2) is 0 Å². The minimum absolute atomic E-state index is 0.0526. The number of aromatic carboxylic acids is 1. The average molecular weight is 531 g/mol. The summed E-state index contributed by atoms with van der Waals surface area (Å²) < 4.78 is 22.5. The van der Waals surface area contributed by atoms with Crippen LogP contribution in [0.1, 0.15) is 63.9 Å². The summed E-state index contributed by atoms with van der Waals surface area (Å²) in [6.45, 7) is 12.8. The minimum Gasteiger partial charge on any atom is -0.494 e. The Balaban J connectivity index is 2.37. The van der Waals surface area contributed by atoms with Crippen molar-refractivity contribution in [2.24, 2.45) is 0 Å². The first-order valence-corrected chi connectivity index (χ1v) is 12.3. The monoisotopic (exact) mass is 530 g/mol. The van der Waals surface area contributed by atoms with Crippen LogP contribution >= 0.6 is 0 Å². The summed E-state index contributed by atoms with van der Waals surface area (Å²) in [6.07, 6.45) is -0.724. The maximum Gasteiger partial charge on any atom is 0.419 e. The molecule has 0 atom stereocenters. The van der Waals surface area contributed by atoms with Crippen LogP contribution in [0.25, 0.3) is 0 Å². The summed E-state index contributed by atoms with van der Waals surface area (Å²) in [6, 6.07) is 9.83. The maximum atomic E-state index is 13.5. The van der Waals surface area contributed by atoms with Gasteiger partial charge >= 0.3 is 18.2 Å². The Bertz CT molecular complexity index is 1150. The standard InChI is InChI=1S/C28H38N2O8/c1-18-19(24(31)32)14-15-21(23(18)35-8)30(26(34)38-28(5,6)7)20-12-9-10-13-22(20)36-17-11-16-29-25(33)37-27(2,3)4/h9-10,12-15H,11,16-17H2,1-8H3,(H,29,33)(H,31,32). The van der Waals surface area contributed by atoms with Crippen molar-refractivity contribution in [1.82, 2.24) is 5.32 Å². The van der Waals surface area contributed by atoms with Crippen LogP contribution in [-0.2, 0) is 9.47 Å². The van der Waals surface area contributed by atoms with Crippen molar-refractivity contribution in [3.05, 3.63) is 47.5 Å². The lowest BCUT2D eigenvalue weighted by Gasteiger charge is -2.30. The highest BCUT2D eigenvalue weighted by molar-refractivity contribution is 6.01. The molecule has 0 heterocycles. The van der Waals surface area contributed by atoms with E-state index in [9.17, 15) is 19.5 Å². The van der Waals surface area contributed by atoms with Crippen LogP contribution < -0.4 is 19.7 Å². The number of alkyl carbamates (subject to hydrolysis) is 1. The molecule has 2 aromatic carbocycles. The molecule has 0 radical (unpaired) electrons. The predicted octanol–water partition coefficient (Wildman–Crippen LogP) is 6.07. The highest BCUT2D eigenvalue weighted by Crippen LogP contribution is 2.42. The first-order valence-electron chi connectivity index (χ1n) is 12.3. The van der Waals surface area contributed by atoms with E-state index >= 15 is 0 Å². The second-order valence-electron chi connectivity index (χ2n) is 10.5. The van der Waals surface area contributed by atoms with Crippen LogP contribution in [0.15, 0.2) is 36.4 Å². The molecular formula is C28H38N2O8. The summed E-state index contributed by atoms with van der Waals surface area (Å²) in [5.74, 6) is -0.510. The fraction of sp³-hybridized carbons (Fsp3) is 0.464. The molecule has 0 aliphatic heterocycles. The van der Waals surface area contributed by atoms with Gasteiger partial charge in [0.25, 0.3) is 0 Å². The second-order valence-corrected chi connectivity index (χ2v) is 10.5. The van der Waals surface area contributed by atoms with Crippen LogP contribution in [0.5, 0.6) is 11.5 Å². The molecular weight excluding hydrogens is 492 g/mol. The van der Waals surface area contributed by atoms with E-state index in [1.165, 1.54) is 24.1 Å². The lowest BCUT2D eigenvalue weighted by molar-refractivity contribution is 0.0522. The molecule has 0 unspecified atom stereocenters. The first kappa shape index (κ1) is 30.3. The third-order valence-electron chi connectivity index (χ3n) is 4.99. The number of nitrogens with zero attached hydrogens (tertiary/aromatic N) is 1. The lowest BCUT2D eigenvalue weighted by atomic mass is 10.1. The number of carbonyl (C=O) groups excluding carboxylic acids is 2. The molecule has 0 spiro atoms. The number of rotatable bonds is 9. The molecule has 10 heteroatoms. The molecule has 2 aromatic rings. The van der Waals surface area contributed by atoms with Gasteiger partial charge in [-0.25, -0.2) is 19.3 Å². The number of ether oxygens (including phenoxy) is 4. The van der Waals surface area contributed by atoms with E-state index in [-0.39, 0.29) is 17.9 Å². The normalized spacial score (nSPS) is 11.4. The quantitative estimate of drug-likeness (QED) is 0.375. The van der Waals surface area contributed by atoms with Crippen molar-refractivity contribution in [2.45, 2.75) is 66.1 Å². The zero-order valence-corrected chi connectivity index (χ0v) is 23.3. The Labute approximate surface area is 223 Å². The number of nitrogens with one attached hydrogen (secondary N) is 1. The number of hydrogen-bond acceptors (Lipinski definition) is 7. The van der Waals surface area contributed by atoms with Gasteiger partial charge in [0.05, 0.1) is 30.7 Å². The largest absolute Gasteiger partial charge is 0.494 e. The second kappa shape index (κ2) is 12.5. The van der Waals surface area contributed by atoms with Crippen LogP contribution in [0.2, 0.25) is 0 Å². The lowest BCUT2D eigenvalue weighted by Crippen LogP contribution is -2.34. The summed E-state index contributed by atoms with van der Waals surface area (Å²) in [5, 5.41) is 12.2. The highest BCUT2D eigenvalue weighted by Gasteiger charge is 2.31. The molecule has 2 amide bonds. The predicted molar refractivity (Wildman–Crippen MR) is 144 cm³/mol. The number of anilines is 2. The van der Waals surface area contributed by atoms with Crippen LogP contribution in [0.4, 0.5) is 21.0 Å². The van der Waals surface area contributed by atoms with Gasteiger partial charge in [-0.15, -0.1) is 0 Å². The molecule has 0 fully saturated rings. The Hall–Kier alpha value is -3.95. The van der Waals surface area contributed by atoms with Crippen molar-refractivity contribution < 1.29 is 38.4 Å². The van der Waals surface area contributed by atoms with Gasteiger partial charge in [-0.3, -0.25) is 0 Å². The fourth-order valence-electron chi connectivity index (χ4n) is 3.50. The molecule has 208 valence electrons. The van der Waals surface area contributed by atoms with Gasteiger partial charge in [-0.05, 0) is 79.2 Å². The van der Waals surface area contributed by atoms with E-state index in [2.05, 4.69) is 5.32 Å². The Morgan fingerprint density at radius 1 is 0.921 bits per heavy atom. The number of carboxylic acid groups (broad SMARTS) is 1. The summed E-state index contributed by atoms with van der Waals surface area (Å²) >= 11 is 0. The zero-order valence-electron chi connectivity index (χ0n) is 23.3. The van der Waals surface area contributed by atoms with Crippen LogP contribution in [0.3, 0.4) is 0 Å². The Morgan fingerprint density at radius 3 is 2.13 bits per heavy atom. The van der Waals surface area contributed by atoms with Crippen molar-refractivity contribution in [3.8, 4) is 11.5 Å². The fourth-order valence-corrected chi connectivity index (χ4v) is 3.50. The van der Waals surface area contributed by atoms with Gasteiger partial charge in [0.1, 0.15) is 22.7 Å². The molecule has 0 saturated carbocycles. The van der Waals surface area contributed by atoms with Gasteiger partial charge in [0.2, 0.25) is 0 Å². The maximum absolute atomic E-state index is 13.5. The number of carboxylic acids is 1. The topological polar surface area (TPSA) is 124 Å². The molecule has 0 saturated heterocycles. The number of hydrogen-bond donors (Lipinski definition) is 2. The van der Waals surface area contributed by atoms with Gasteiger partial charge in [-0.1, -0.05) is 12.1 Å². The van der Waals surface area contributed by atoms with E-state index < -0.39 is 29.4 Å². The van der Waals surface area contributed by atoms with Crippen LogP contribution in [0, 0.1) is 6.92 Å². The van der Waals surface area contributed by atoms with E-state index in [4.69, 9.17) is 18.9 Å². The van der Waals surface area contributed by atoms with E-state index in [0.29, 0.717) is 35.7 Å². The summed E-state index contributed by atoms with van der Waals surface area (Å²) in [7, 11) is 1.41. The molecule has 0 aliphatic rings. The number of benzene rings is 2. The highest BCUT2D eigenvalue weighted by atomic mass is 16.6. The third kappa shape index (κ3) is 8.57. The Morgan fingerprint density at radius 2 is 1.55 bits per heavy atom. The third-order valence-corrected chi connectivity index (χ3v) is 4.99. The Kier molecular flexibility index (Phi) is 9.98. The zero-order chi connectivity index (χ0) is 28.7. The number of para-hydroxylation sites is 2. The number of carbonyl (C=O) groups is 3. The smallest absolute Gasteiger partial charge is 0.419 e. The molecule has 2 N–H and O–H groups in total. The van der Waals surface area contributed by atoms with Crippen molar-refractivity contribution in [3.63, 3.8) is 0 Å². The molecule has 2 rings (SSSR count).